The van der Waals surface area contributed by atoms with Gasteiger partial charge in [-0.15, -0.1) is 0 Å². The molecule has 3 aliphatic rings. The van der Waals surface area contributed by atoms with Gasteiger partial charge < -0.3 is 10.4 Å². The number of anilines is 1. The first-order valence-corrected chi connectivity index (χ1v) is 12.0. The van der Waals surface area contributed by atoms with Gasteiger partial charge in [-0.25, -0.2) is 4.98 Å². The Morgan fingerprint density at radius 2 is 1.86 bits per heavy atom. The van der Waals surface area contributed by atoms with E-state index in [9.17, 15) is 19.5 Å². The number of para-hydroxylation sites is 2. The number of carbonyl (C=O) groups excluding carboxylic acids is 2. The lowest BCUT2D eigenvalue weighted by Gasteiger charge is -2.36. The smallest absolute Gasteiger partial charge is 0.262 e. The Bertz CT molecular complexity index is 1430. The van der Waals surface area contributed by atoms with Crippen LogP contribution in [-0.2, 0) is 21.7 Å². The molecule has 9 nitrogen and oxygen atoms in total. The lowest BCUT2D eigenvalue weighted by molar-refractivity contribution is -0.128. The van der Waals surface area contributed by atoms with Gasteiger partial charge in [0.25, 0.3) is 5.56 Å². The fourth-order valence-electron chi connectivity index (χ4n) is 5.82. The average Bonchev–Trinajstić information content (AvgIpc) is 3.28. The first-order chi connectivity index (χ1) is 16.8. The van der Waals surface area contributed by atoms with Crippen LogP contribution < -0.4 is 21.1 Å². The van der Waals surface area contributed by atoms with Crippen LogP contribution in [0.1, 0.15) is 44.1 Å². The van der Waals surface area contributed by atoms with Crippen molar-refractivity contribution < 1.29 is 14.7 Å². The van der Waals surface area contributed by atoms with E-state index in [2.05, 4.69) is 15.6 Å². The fourth-order valence-corrected chi connectivity index (χ4v) is 5.82. The van der Waals surface area contributed by atoms with Crippen molar-refractivity contribution in [2.45, 2.75) is 57.1 Å². The summed E-state index contributed by atoms with van der Waals surface area (Å²) in [7, 11) is 0. The summed E-state index contributed by atoms with van der Waals surface area (Å²) in [6.07, 6.45) is -0.191. The predicted molar refractivity (Wildman–Crippen MR) is 129 cm³/mol. The first-order valence-electron chi connectivity index (χ1n) is 12.0. The van der Waals surface area contributed by atoms with Crippen LogP contribution in [0.25, 0.3) is 10.9 Å². The number of rotatable bonds is 4. The SMILES string of the molecule is CC(C)C[C@@H]1N[C@@H]2N(C1=O)c1ccccc1[C@@]2(O)C[C@H]1C(=O)NCc2nc3ccccc3c(=O)n21. The highest BCUT2D eigenvalue weighted by molar-refractivity contribution is 6.02. The number of aromatic nitrogens is 2. The van der Waals surface area contributed by atoms with Gasteiger partial charge in [0.15, 0.2) is 0 Å². The van der Waals surface area contributed by atoms with E-state index in [1.54, 1.807) is 35.2 Å². The molecule has 0 saturated carbocycles. The molecule has 35 heavy (non-hydrogen) atoms. The van der Waals surface area contributed by atoms with Crippen molar-refractivity contribution in [1.82, 2.24) is 20.2 Å². The molecule has 0 unspecified atom stereocenters. The molecular formula is C26H27N5O4. The van der Waals surface area contributed by atoms with E-state index in [0.717, 1.165) is 0 Å². The molecule has 1 aromatic heterocycles. The van der Waals surface area contributed by atoms with E-state index in [1.807, 2.05) is 32.0 Å². The zero-order chi connectivity index (χ0) is 24.5. The molecular weight excluding hydrogens is 446 g/mol. The quantitative estimate of drug-likeness (QED) is 0.529. The molecule has 3 aliphatic heterocycles. The lowest BCUT2D eigenvalue weighted by Crippen LogP contribution is -2.53. The predicted octanol–water partition coefficient (Wildman–Crippen LogP) is 1.54. The first kappa shape index (κ1) is 21.9. The zero-order valence-corrected chi connectivity index (χ0v) is 19.6. The van der Waals surface area contributed by atoms with Crippen molar-refractivity contribution in [1.29, 1.82) is 0 Å². The molecule has 3 N–H and O–H groups in total. The molecule has 0 radical (unpaired) electrons. The topological polar surface area (TPSA) is 117 Å². The Labute approximate surface area is 201 Å². The van der Waals surface area contributed by atoms with Gasteiger partial charge in [0, 0.05) is 12.0 Å². The standard InChI is InChI=1S/C26H27N5O4/c1-14(2)11-18-24(34)31-19-10-6-4-8-16(19)26(35,25(31)29-18)12-20-22(32)27-13-21-28-17-9-5-3-7-15(17)23(33)30(20)21/h3-10,14,18,20,25,29,35H,11-13H2,1-2H3,(H,27,32)/t18-,20-,25+,26-/m0/s1. The Kier molecular flexibility index (Phi) is 4.84. The Morgan fingerprint density at radius 1 is 1.11 bits per heavy atom. The van der Waals surface area contributed by atoms with E-state index in [1.165, 1.54) is 4.57 Å². The maximum absolute atomic E-state index is 13.5. The van der Waals surface area contributed by atoms with E-state index < -0.39 is 23.9 Å². The van der Waals surface area contributed by atoms with E-state index in [-0.39, 0.29) is 36.3 Å². The number of nitrogens with zero attached hydrogens (tertiary/aromatic N) is 3. The number of hydrogen-bond donors (Lipinski definition) is 3. The second-order valence-corrected chi connectivity index (χ2v) is 10.1. The minimum atomic E-state index is -1.58. The van der Waals surface area contributed by atoms with Crippen LogP contribution in [0.5, 0.6) is 0 Å². The molecule has 3 aromatic rings. The Balaban J connectivity index is 1.46. The summed E-state index contributed by atoms with van der Waals surface area (Å²) in [5.74, 6) is 0.279. The van der Waals surface area contributed by atoms with Crippen molar-refractivity contribution in [2.24, 2.45) is 5.92 Å². The molecule has 4 atom stereocenters. The second kappa shape index (κ2) is 7.73. The summed E-state index contributed by atoms with van der Waals surface area (Å²) < 4.78 is 1.41. The normalized spacial score (nSPS) is 27.2. The summed E-state index contributed by atoms with van der Waals surface area (Å²) in [6, 6.07) is 12.8. The van der Waals surface area contributed by atoms with E-state index in [4.69, 9.17) is 0 Å². The third kappa shape index (κ3) is 3.15. The number of fused-ring (bicyclic) bond motifs is 5. The molecule has 0 bridgehead atoms. The number of hydrogen-bond acceptors (Lipinski definition) is 6. The third-order valence-corrected chi connectivity index (χ3v) is 7.36. The largest absolute Gasteiger partial charge is 0.381 e. The van der Waals surface area contributed by atoms with E-state index in [0.29, 0.717) is 34.4 Å². The van der Waals surface area contributed by atoms with Crippen LogP contribution in [0.2, 0.25) is 0 Å². The molecule has 180 valence electrons. The molecule has 1 saturated heterocycles. The lowest BCUT2D eigenvalue weighted by atomic mass is 9.85. The molecule has 1 fully saturated rings. The third-order valence-electron chi connectivity index (χ3n) is 7.36. The molecule has 6 rings (SSSR count). The number of carbonyl (C=O) groups is 2. The Hall–Kier alpha value is -3.56. The molecule has 9 heteroatoms. The van der Waals surface area contributed by atoms with Crippen molar-refractivity contribution in [3.8, 4) is 0 Å². The van der Waals surface area contributed by atoms with Crippen LogP contribution in [0.3, 0.4) is 0 Å². The van der Waals surface area contributed by atoms with Gasteiger partial charge >= 0.3 is 0 Å². The molecule has 2 amide bonds. The number of benzene rings is 2. The highest BCUT2D eigenvalue weighted by Crippen LogP contribution is 2.49. The maximum atomic E-state index is 13.5. The van der Waals surface area contributed by atoms with Gasteiger partial charge in [-0.1, -0.05) is 44.2 Å². The van der Waals surface area contributed by atoms with Crippen molar-refractivity contribution >= 4 is 28.4 Å². The van der Waals surface area contributed by atoms with Crippen LogP contribution in [0.4, 0.5) is 5.69 Å². The van der Waals surface area contributed by atoms with Gasteiger partial charge in [-0.2, -0.15) is 0 Å². The van der Waals surface area contributed by atoms with Crippen LogP contribution in [-0.4, -0.2) is 38.7 Å². The molecule has 4 heterocycles. The molecule has 0 spiro atoms. The minimum absolute atomic E-state index is 0.0847. The van der Waals surface area contributed by atoms with E-state index >= 15 is 0 Å². The number of amides is 2. The van der Waals surface area contributed by atoms with Crippen molar-refractivity contribution in [3.05, 3.63) is 70.3 Å². The highest BCUT2D eigenvalue weighted by atomic mass is 16.3. The highest BCUT2D eigenvalue weighted by Gasteiger charge is 2.59. The fraction of sp³-hybridized carbons (Fsp3) is 0.385. The zero-order valence-electron chi connectivity index (χ0n) is 19.6. The molecule has 0 aliphatic carbocycles. The average molecular weight is 474 g/mol. The summed E-state index contributed by atoms with van der Waals surface area (Å²) in [5, 5.41) is 18.8. The summed E-state index contributed by atoms with van der Waals surface area (Å²) >= 11 is 0. The summed E-state index contributed by atoms with van der Waals surface area (Å²) in [4.78, 5) is 46.2. The van der Waals surface area contributed by atoms with Gasteiger partial charge in [-0.3, -0.25) is 29.2 Å². The Morgan fingerprint density at radius 3 is 2.66 bits per heavy atom. The van der Waals surface area contributed by atoms with Crippen LogP contribution in [0.15, 0.2) is 53.3 Å². The minimum Gasteiger partial charge on any atom is -0.381 e. The number of nitrogens with one attached hydrogen (secondary N) is 2. The second-order valence-electron chi connectivity index (χ2n) is 10.1. The monoisotopic (exact) mass is 473 g/mol. The summed E-state index contributed by atoms with van der Waals surface area (Å²) in [5.41, 5.74) is -0.140. The van der Waals surface area contributed by atoms with Crippen molar-refractivity contribution in [3.63, 3.8) is 0 Å². The number of aliphatic hydroxyl groups is 1. The van der Waals surface area contributed by atoms with Crippen LogP contribution in [0, 0.1) is 5.92 Å². The van der Waals surface area contributed by atoms with Gasteiger partial charge in [0.05, 0.1) is 29.2 Å². The summed E-state index contributed by atoms with van der Waals surface area (Å²) in [6.45, 7) is 4.23. The van der Waals surface area contributed by atoms with Crippen LogP contribution >= 0.6 is 0 Å². The van der Waals surface area contributed by atoms with Crippen molar-refractivity contribution in [2.75, 3.05) is 4.90 Å². The van der Waals surface area contributed by atoms with Gasteiger partial charge in [0.2, 0.25) is 11.8 Å². The molecule has 2 aromatic carbocycles. The maximum Gasteiger partial charge on any atom is 0.262 e. The van der Waals surface area contributed by atoms with Gasteiger partial charge in [-0.05, 0) is 30.5 Å². The van der Waals surface area contributed by atoms with Gasteiger partial charge in [0.1, 0.15) is 23.6 Å².